The number of carbonyl (C=O) groups excluding carboxylic acids is 2. The summed E-state index contributed by atoms with van der Waals surface area (Å²) in [5, 5.41) is 1.01. The number of halogens is 2. The summed E-state index contributed by atoms with van der Waals surface area (Å²) in [6, 6.07) is 8.50. The first-order valence-electron chi connectivity index (χ1n) is 9.11. The molecular formula is C20H19Cl2N3O2. The first-order valence-corrected chi connectivity index (χ1v) is 9.86. The number of aryl methyl sites for hydroxylation is 1. The molecule has 140 valence electrons. The Morgan fingerprint density at radius 1 is 0.926 bits per heavy atom. The van der Waals surface area contributed by atoms with Crippen LogP contribution in [0.5, 0.6) is 0 Å². The van der Waals surface area contributed by atoms with Gasteiger partial charge in [-0.25, -0.2) is 4.98 Å². The van der Waals surface area contributed by atoms with Crippen molar-refractivity contribution in [2.75, 3.05) is 24.5 Å². The van der Waals surface area contributed by atoms with E-state index in [-0.39, 0.29) is 17.5 Å². The largest absolute Gasteiger partial charge is 0.337 e. The summed E-state index contributed by atoms with van der Waals surface area (Å²) in [5.41, 5.74) is 2.20. The quantitative estimate of drug-likeness (QED) is 0.753. The van der Waals surface area contributed by atoms with Crippen LogP contribution in [0.15, 0.2) is 30.3 Å². The van der Waals surface area contributed by atoms with Gasteiger partial charge in [0.25, 0.3) is 11.8 Å². The van der Waals surface area contributed by atoms with Crippen LogP contribution in [0, 0.1) is 0 Å². The molecular weight excluding hydrogens is 385 g/mol. The Morgan fingerprint density at radius 3 is 2.37 bits per heavy atom. The van der Waals surface area contributed by atoms with Crippen LogP contribution in [0.3, 0.4) is 0 Å². The number of hydrogen-bond acceptors (Lipinski definition) is 3. The van der Waals surface area contributed by atoms with E-state index in [0.29, 0.717) is 28.0 Å². The van der Waals surface area contributed by atoms with Crippen LogP contribution in [0.4, 0.5) is 5.69 Å². The monoisotopic (exact) mass is 403 g/mol. The third kappa shape index (κ3) is 3.54. The van der Waals surface area contributed by atoms with Crippen molar-refractivity contribution in [3.8, 4) is 0 Å². The van der Waals surface area contributed by atoms with E-state index >= 15 is 0 Å². The summed E-state index contributed by atoms with van der Waals surface area (Å²) in [6.45, 7) is 2.04. The number of aromatic nitrogens is 1. The van der Waals surface area contributed by atoms with Crippen molar-refractivity contribution in [2.24, 2.45) is 0 Å². The lowest BCUT2D eigenvalue weighted by atomic mass is 10.0. The maximum Gasteiger partial charge on any atom is 0.276 e. The standard InChI is InChI=1S/C20H19Cl2N3O2/c21-14-11-13-5-4-10-25(18(13)15(22)12-14)20(27)17-7-3-6-16(23-17)19(26)24-8-1-2-9-24/h3,6-7,11-12H,1-2,4-5,8-10H2. The maximum absolute atomic E-state index is 13.1. The van der Waals surface area contributed by atoms with E-state index < -0.39 is 0 Å². The number of pyridine rings is 1. The van der Waals surface area contributed by atoms with Crippen LogP contribution in [-0.4, -0.2) is 41.3 Å². The van der Waals surface area contributed by atoms with E-state index in [2.05, 4.69) is 4.98 Å². The predicted octanol–water partition coefficient (Wildman–Crippen LogP) is 4.22. The Morgan fingerprint density at radius 2 is 1.63 bits per heavy atom. The van der Waals surface area contributed by atoms with Gasteiger partial charge in [-0.2, -0.15) is 0 Å². The van der Waals surface area contributed by atoms with Crippen LogP contribution in [0.25, 0.3) is 0 Å². The summed E-state index contributed by atoms with van der Waals surface area (Å²) in [7, 11) is 0. The molecule has 4 rings (SSSR count). The summed E-state index contributed by atoms with van der Waals surface area (Å²) in [4.78, 5) is 33.5. The molecule has 3 heterocycles. The number of amides is 2. The Labute approximate surface area is 167 Å². The average molecular weight is 404 g/mol. The predicted molar refractivity (Wildman–Crippen MR) is 106 cm³/mol. The van der Waals surface area contributed by atoms with Gasteiger partial charge in [0.1, 0.15) is 11.4 Å². The van der Waals surface area contributed by atoms with E-state index in [1.54, 1.807) is 34.1 Å². The third-order valence-corrected chi connectivity index (χ3v) is 5.54. The molecule has 1 saturated heterocycles. The molecule has 5 nitrogen and oxygen atoms in total. The summed E-state index contributed by atoms with van der Waals surface area (Å²) in [5.74, 6) is -0.373. The zero-order valence-electron chi connectivity index (χ0n) is 14.8. The summed E-state index contributed by atoms with van der Waals surface area (Å²) < 4.78 is 0. The van der Waals surface area contributed by atoms with Crippen LogP contribution in [-0.2, 0) is 6.42 Å². The second-order valence-corrected chi connectivity index (χ2v) is 7.71. The van der Waals surface area contributed by atoms with Gasteiger partial charge in [-0.15, -0.1) is 0 Å². The fourth-order valence-electron chi connectivity index (χ4n) is 3.75. The van der Waals surface area contributed by atoms with E-state index in [1.165, 1.54) is 0 Å². The van der Waals surface area contributed by atoms with Crippen molar-refractivity contribution in [3.05, 3.63) is 57.3 Å². The summed E-state index contributed by atoms with van der Waals surface area (Å²) in [6.07, 6.45) is 3.66. The second kappa shape index (κ2) is 7.49. The molecule has 2 aromatic rings. The van der Waals surface area contributed by atoms with Gasteiger partial charge in [0.15, 0.2) is 0 Å². The Bertz CT molecular complexity index is 910. The van der Waals surface area contributed by atoms with E-state index in [0.717, 1.165) is 44.3 Å². The van der Waals surface area contributed by atoms with Gasteiger partial charge >= 0.3 is 0 Å². The lowest BCUT2D eigenvalue weighted by Crippen LogP contribution is -2.36. The number of fused-ring (bicyclic) bond motifs is 1. The zero-order chi connectivity index (χ0) is 19.0. The van der Waals surface area contributed by atoms with Crippen LogP contribution in [0.2, 0.25) is 10.0 Å². The van der Waals surface area contributed by atoms with E-state index in [1.807, 2.05) is 6.07 Å². The Balaban J connectivity index is 1.65. The van der Waals surface area contributed by atoms with Gasteiger partial charge in [-0.05, 0) is 55.5 Å². The van der Waals surface area contributed by atoms with Crippen LogP contribution < -0.4 is 4.90 Å². The molecule has 2 aliphatic heterocycles. The van der Waals surface area contributed by atoms with Crippen molar-refractivity contribution in [3.63, 3.8) is 0 Å². The highest BCUT2D eigenvalue weighted by Gasteiger charge is 2.28. The molecule has 0 radical (unpaired) electrons. The molecule has 0 spiro atoms. The van der Waals surface area contributed by atoms with Gasteiger partial charge in [0.05, 0.1) is 10.7 Å². The Hall–Kier alpha value is -2.11. The van der Waals surface area contributed by atoms with Gasteiger partial charge in [0.2, 0.25) is 0 Å². The molecule has 0 bridgehead atoms. The fourth-order valence-corrected chi connectivity index (χ4v) is 4.39. The van der Waals surface area contributed by atoms with Crippen molar-refractivity contribution >= 4 is 40.7 Å². The highest BCUT2D eigenvalue weighted by Crippen LogP contribution is 2.37. The molecule has 0 unspecified atom stereocenters. The van der Waals surface area contributed by atoms with Crippen LogP contribution in [0.1, 0.15) is 45.8 Å². The SMILES string of the molecule is O=C(c1cccc(C(=O)N2CCCc3cc(Cl)cc(Cl)c32)n1)N1CCCC1. The molecule has 0 aliphatic carbocycles. The Kier molecular flexibility index (Phi) is 5.06. The minimum atomic E-state index is -0.253. The molecule has 1 aromatic carbocycles. The zero-order valence-corrected chi connectivity index (χ0v) is 16.3. The lowest BCUT2D eigenvalue weighted by molar-refractivity contribution is 0.0787. The third-order valence-electron chi connectivity index (χ3n) is 5.03. The second-order valence-electron chi connectivity index (χ2n) is 6.86. The molecule has 1 aromatic heterocycles. The highest BCUT2D eigenvalue weighted by molar-refractivity contribution is 6.37. The first-order chi connectivity index (χ1) is 13.0. The van der Waals surface area contributed by atoms with Crippen molar-refractivity contribution in [1.29, 1.82) is 0 Å². The number of anilines is 1. The van der Waals surface area contributed by atoms with Crippen molar-refractivity contribution in [2.45, 2.75) is 25.7 Å². The lowest BCUT2D eigenvalue weighted by Gasteiger charge is -2.30. The van der Waals surface area contributed by atoms with Crippen LogP contribution >= 0.6 is 23.2 Å². The molecule has 2 amide bonds. The van der Waals surface area contributed by atoms with Gasteiger partial charge in [-0.3, -0.25) is 9.59 Å². The molecule has 1 fully saturated rings. The molecule has 2 aliphatic rings. The smallest absolute Gasteiger partial charge is 0.276 e. The number of likely N-dealkylation sites (tertiary alicyclic amines) is 1. The van der Waals surface area contributed by atoms with Gasteiger partial charge in [0, 0.05) is 24.7 Å². The average Bonchev–Trinajstić information content (AvgIpc) is 3.21. The molecule has 0 saturated carbocycles. The number of hydrogen-bond donors (Lipinski definition) is 0. The minimum absolute atomic E-state index is 0.119. The maximum atomic E-state index is 13.1. The van der Waals surface area contributed by atoms with Crippen molar-refractivity contribution in [1.82, 2.24) is 9.88 Å². The number of nitrogens with zero attached hydrogens (tertiary/aromatic N) is 3. The number of rotatable bonds is 2. The molecule has 27 heavy (non-hydrogen) atoms. The molecule has 7 heteroatoms. The van der Waals surface area contributed by atoms with Crippen molar-refractivity contribution < 1.29 is 9.59 Å². The first kappa shape index (κ1) is 18.3. The number of carbonyl (C=O) groups is 2. The van der Waals surface area contributed by atoms with E-state index in [9.17, 15) is 9.59 Å². The normalized spacial score (nSPS) is 16.4. The molecule has 0 atom stereocenters. The highest BCUT2D eigenvalue weighted by atomic mass is 35.5. The van der Waals surface area contributed by atoms with Gasteiger partial charge < -0.3 is 9.80 Å². The minimum Gasteiger partial charge on any atom is -0.337 e. The molecule has 0 N–H and O–H groups in total. The summed E-state index contributed by atoms with van der Waals surface area (Å²) >= 11 is 12.5. The van der Waals surface area contributed by atoms with Gasteiger partial charge in [-0.1, -0.05) is 29.3 Å². The topological polar surface area (TPSA) is 53.5 Å². The van der Waals surface area contributed by atoms with E-state index in [4.69, 9.17) is 23.2 Å². The number of benzene rings is 1. The fraction of sp³-hybridized carbons (Fsp3) is 0.350.